The highest BCUT2D eigenvalue weighted by Gasteiger charge is 2.29. The molecule has 1 N–H and O–H groups in total. The van der Waals surface area contributed by atoms with E-state index in [1.807, 2.05) is 24.3 Å². The number of carbonyl (C=O) groups excluding carboxylic acids is 1. The first-order valence-electron chi connectivity index (χ1n) is 10.0. The highest BCUT2D eigenvalue weighted by atomic mass is 32.2. The maximum absolute atomic E-state index is 13.1. The van der Waals surface area contributed by atoms with E-state index in [9.17, 15) is 13.2 Å². The van der Waals surface area contributed by atoms with Gasteiger partial charge in [-0.15, -0.1) is 0 Å². The first kappa shape index (κ1) is 21.5. The van der Waals surface area contributed by atoms with E-state index in [-0.39, 0.29) is 10.8 Å². The molecule has 0 radical (unpaired) electrons. The Labute approximate surface area is 185 Å². The van der Waals surface area contributed by atoms with Crippen molar-refractivity contribution in [2.45, 2.75) is 24.2 Å². The summed E-state index contributed by atoms with van der Waals surface area (Å²) in [6, 6.07) is 12.5. The van der Waals surface area contributed by atoms with E-state index in [1.165, 1.54) is 28.8 Å². The van der Waals surface area contributed by atoms with Crippen molar-refractivity contribution in [2.75, 3.05) is 25.5 Å². The quantitative estimate of drug-likeness (QED) is 0.562. The van der Waals surface area contributed by atoms with Gasteiger partial charge in [-0.3, -0.25) is 10.1 Å². The number of nitrogens with zero attached hydrogens (tertiary/aromatic N) is 2. The molecule has 9 heteroatoms. The molecule has 1 amide bonds. The monoisotopic (exact) mass is 457 g/mol. The summed E-state index contributed by atoms with van der Waals surface area (Å²) in [7, 11) is -2.21. The van der Waals surface area contributed by atoms with E-state index >= 15 is 0 Å². The number of hydrogen-bond acceptors (Lipinski definition) is 6. The molecule has 1 saturated heterocycles. The zero-order valence-electron chi connectivity index (χ0n) is 17.1. The number of amides is 1. The van der Waals surface area contributed by atoms with Gasteiger partial charge in [0.25, 0.3) is 0 Å². The summed E-state index contributed by atoms with van der Waals surface area (Å²) >= 11 is 1.40. The summed E-state index contributed by atoms with van der Waals surface area (Å²) in [6.45, 7) is 1.02. The molecule has 1 aliphatic heterocycles. The van der Waals surface area contributed by atoms with Gasteiger partial charge in [0.05, 0.1) is 17.3 Å². The van der Waals surface area contributed by atoms with Crippen LogP contribution in [0.5, 0.6) is 5.75 Å². The fraction of sp³-hybridized carbons (Fsp3) is 0.273. The van der Waals surface area contributed by atoms with Gasteiger partial charge >= 0.3 is 0 Å². The zero-order valence-corrected chi connectivity index (χ0v) is 18.7. The Hall–Kier alpha value is -2.75. The third-order valence-corrected chi connectivity index (χ3v) is 7.94. The number of anilines is 1. The number of piperidine rings is 1. The molecule has 2 heterocycles. The molecular weight excluding hydrogens is 434 g/mol. The molecule has 0 aliphatic carbocycles. The molecule has 162 valence electrons. The van der Waals surface area contributed by atoms with Crippen molar-refractivity contribution in [1.29, 1.82) is 0 Å². The molecule has 0 spiro atoms. The van der Waals surface area contributed by atoms with Crippen molar-refractivity contribution in [3.8, 4) is 5.75 Å². The zero-order chi connectivity index (χ0) is 21.8. The van der Waals surface area contributed by atoms with Gasteiger partial charge < -0.3 is 4.74 Å². The van der Waals surface area contributed by atoms with Crippen molar-refractivity contribution in [3.05, 3.63) is 54.1 Å². The lowest BCUT2D eigenvalue weighted by molar-refractivity contribution is -0.111. The number of carbonyl (C=O) groups is 1. The molecule has 3 aromatic rings. The predicted octanol–water partition coefficient (Wildman–Crippen LogP) is 4.13. The average Bonchev–Trinajstić information content (AvgIpc) is 3.20. The Balaban J connectivity index is 1.53. The molecule has 0 atom stereocenters. The number of aromatic nitrogens is 1. The van der Waals surface area contributed by atoms with Crippen molar-refractivity contribution in [1.82, 2.24) is 9.29 Å². The number of methoxy groups -OCH3 is 1. The molecular formula is C22H23N3O4S2. The number of ether oxygens (including phenoxy) is 1. The fourth-order valence-corrected chi connectivity index (χ4v) is 6.06. The molecule has 31 heavy (non-hydrogen) atoms. The number of para-hydroxylation sites is 1. The van der Waals surface area contributed by atoms with Crippen LogP contribution in [0.1, 0.15) is 24.8 Å². The largest absolute Gasteiger partial charge is 0.495 e. The SMILES string of the molecule is COc1ccc(/C=C\C(=O)Nc2nc3ccccc3s2)cc1S(=O)(=O)N1CCCCC1. The van der Waals surface area contributed by atoms with Gasteiger partial charge in [-0.05, 0) is 48.7 Å². The minimum absolute atomic E-state index is 0.116. The average molecular weight is 458 g/mol. The van der Waals surface area contributed by atoms with Gasteiger partial charge in [0.2, 0.25) is 15.9 Å². The molecule has 1 fully saturated rings. The molecule has 0 bridgehead atoms. The highest BCUT2D eigenvalue weighted by Crippen LogP contribution is 2.30. The summed E-state index contributed by atoms with van der Waals surface area (Å²) in [5, 5.41) is 3.26. The number of hydrogen-bond donors (Lipinski definition) is 1. The highest BCUT2D eigenvalue weighted by molar-refractivity contribution is 7.89. The third kappa shape index (κ3) is 4.79. The summed E-state index contributed by atoms with van der Waals surface area (Å²) < 4.78 is 34.0. The smallest absolute Gasteiger partial charge is 0.250 e. The standard InChI is InChI=1S/C22H23N3O4S2/c1-29-18-11-9-16(15-20(18)31(27,28)25-13-5-2-6-14-25)10-12-21(26)24-22-23-17-7-3-4-8-19(17)30-22/h3-4,7-12,15H,2,5-6,13-14H2,1H3,(H,23,24,26)/b12-10-. The van der Waals surface area contributed by atoms with Gasteiger partial charge in [0.15, 0.2) is 5.13 Å². The summed E-state index contributed by atoms with van der Waals surface area (Å²) in [6.07, 6.45) is 5.69. The van der Waals surface area contributed by atoms with Crippen molar-refractivity contribution in [2.24, 2.45) is 0 Å². The van der Waals surface area contributed by atoms with Crippen molar-refractivity contribution in [3.63, 3.8) is 0 Å². The number of rotatable bonds is 6. The first-order valence-corrected chi connectivity index (χ1v) is 12.3. The molecule has 4 rings (SSSR count). The molecule has 2 aromatic carbocycles. The maximum Gasteiger partial charge on any atom is 0.250 e. The van der Waals surface area contributed by atoms with Gasteiger partial charge in [0, 0.05) is 19.2 Å². The second kappa shape index (κ2) is 9.17. The lowest BCUT2D eigenvalue weighted by Crippen LogP contribution is -2.35. The molecule has 1 aromatic heterocycles. The molecule has 7 nitrogen and oxygen atoms in total. The summed E-state index contributed by atoms with van der Waals surface area (Å²) in [5.74, 6) is -0.0445. The van der Waals surface area contributed by atoms with Crippen molar-refractivity contribution < 1.29 is 17.9 Å². The van der Waals surface area contributed by atoms with Crippen LogP contribution in [0, 0.1) is 0 Å². The topological polar surface area (TPSA) is 88.6 Å². The van der Waals surface area contributed by atoms with Crippen LogP contribution in [-0.2, 0) is 14.8 Å². The summed E-state index contributed by atoms with van der Waals surface area (Å²) in [4.78, 5) is 16.8. The minimum atomic E-state index is -3.66. The van der Waals surface area contributed by atoms with Crippen LogP contribution in [0.15, 0.2) is 53.4 Å². The van der Waals surface area contributed by atoms with Crippen LogP contribution in [-0.4, -0.2) is 43.8 Å². The van der Waals surface area contributed by atoms with Crippen molar-refractivity contribution >= 4 is 48.7 Å². The second-order valence-electron chi connectivity index (χ2n) is 7.18. The van der Waals surface area contributed by atoms with Gasteiger partial charge in [-0.1, -0.05) is 36.0 Å². The van der Waals surface area contributed by atoms with E-state index in [2.05, 4.69) is 10.3 Å². The Morgan fingerprint density at radius 2 is 1.94 bits per heavy atom. The normalized spacial score (nSPS) is 15.4. The Kier molecular flexibility index (Phi) is 6.35. The van der Waals surface area contributed by atoms with E-state index in [1.54, 1.807) is 24.3 Å². The molecule has 0 unspecified atom stereocenters. The Morgan fingerprint density at radius 1 is 1.16 bits per heavy atom. The summed E-state index contributed by atoms with van der Waals surface area (Å²) in [5.41, 5.74) is 1.42. The van der Waals surface area contributed by atoms with Crippen LogP contribution < -0.4 is 10.1 Å². The second-order valence-corrected chi connectivity index (χ2v) is 10.1. The fourth-order valence-electron chi connectivity index (χ4n) is 3.49. The number of fused-ring (bicyclic) bond motifs is 1. The maximum atomic E-state index is 13.1. The predicted molar refractivity (Wildman–Crippen MR) is 123 cm³/mol. The molecule has 0 saturated carbocycles. The van der Waals surface area contributed by atoms with E-state index < -0.39 is 10.0 Å². The van der Waals surface area contributed by atoms with Crippen LogP contribution in [0.25, 0.3) is 16.3 Å². The van der Waals surface area contributed by atoms with Crippen LogP contribution >= 0.6 is 11.3 Å². The lowest BCUT2D eigenvalue weighted by atomic mass is 10.2. The Bertz CT molecular complexity index is 1200. The number of sulfonamides is 1. The number of thiazole rings is 1. The van der Waals surface area contributed by atoms with Crippen LogP contribution in [0.3, 0.4) is 0 Å². The Morgan fingerprint density at radius 3 is 2.68 bits per heavy atom. The lowest BCUT2D eigenvalue weighted by Gasteiger charge is -2.26. The van der Waals surface area contributed by atoms with Crippen LogP contribution in [0.4, 0.5) is 5.13 Å². The van der Waals surface area contributed by atoms with Gasteiger partial charge in [-0.2, -0.15) is 4.31 Å². The van der Waals surface area contributed by atoms with Gasteiger partial charge in [-0.25, -0.2) is 13.4 Å². The van der Waals surface area contributed by atoms with E-state index in [0.29, 0.717) is 29.5 Å². The van der Waals surface area contributed by atoms with E-state index in [0.717, 1.165) is 29.5 Å². The molecule has 1 aliphatic rings. The first-order chi connectivity index (χ1) is 15.0. The van der Waals surface area contributed by atoms with Crippen LogP contribution in [0.2, 0.25) is 0 Å². The van der Waals surface area contributed by atoms with Gasteiger partial charge in [0.1, 0.15) is 10.6 Å². The minimum Gasteiger partial charge on any atom is -0.495 e. The third-order valence-electron chi connectivity index (χ3n) is 5.07. The number of benzene rings is 2. The van der Waals surface area contributed by atoms with E-state index in [4.69, 9.17) is 4.74 Å². The number of nitrogens with one attached hydrogen (secondary N) is 1.